The smallest absolute Gasteiger partial charge is 0.319 e. The fourth-order valence-electron chi connectivity index (χ4n) is 1.15. The van der Waals surface area contributed by atoms with Crippen molar-refractivity contribution in [3.63, 3.8) is 0 Å². The highest BCUT2D eigenvalue weighted by atomic mass is 16.3. The normalized spacial score (nSPS) is 14.9. The van der Waals surface area contributed by atoms with Crippen LogP contribution in [0.25, 0.3) is 0 Å². The van der Waals surface area contributed by atoms with Crippen molar-refractivity contribution in [1.82, 2.24) is 5.32 Å². The van der Waals surface area contributed by atoms with Gasteiger partial charge in [0.25, 0.3) is 0 Å². The van der Waals surface area contributed by atoms with Crippen molar-refractivity contribution in [3.8, 4) is 5.75 Å². The van der Waals surface area contributed by atoms with E-state index in [1.807, 2.05) is 0 Å². The minimum atomic E-state index is -0.256. The summed E-state index contributed by atoms with van der Waals surface area (Å²) in [4.78, 5) is 11.3. The van der Waals surface area contributed by atoms with E-state index in [0.29, 0.717) is 11.7 Å². The molecule has 1 aliphatic rings. The average molecular weight is 192 g/mol. The number of amides is 2. The second-order valence-electron chi connectivity index (χ2n) is 3.39. The summed E-state index contributed by atoms with van der Waals surface area (Å²) in [6.45, 7) is 0. The molecular weight excluding hydrogens is 180 g/mol. The summed E-state index contributed by atoms with van der Waals surface area (Å²) in [5.41, 5.74) is 0.436. The lowest BCUT2D eigenvalue weighted by atomic mass is 10.3. The Morgan fingerprint density at radius 3 is 2.71 bits per heavy atom. The molecule has 0 heterocycles. The van der Waals surface area contributed by atoms with Gasteiger partial charge in [-0.15, -0.1) is 0 Å². The van der Waals surface area contributed by atoms with Crippen LogP contribution in [0.3, 0.4) is 0 Å². The molecule has 0 saturated heterocycles. The molecule has 0 aliphatic heterocycles. The number of carbonyl (C=O) groups excluding carboxylic acids is 1. The van der Waals surface area contributed by atoms with Gasteiger partial charge in [0, 0.05) is 6.04 Å². The van der Waals surface area contributed by atoms with E-state index >= 15 is 0 Å². The Morgan fingerprint density at radius 1 is 1.36 bits per heavy atom. The zero-order valence-corrected chi connectivity index (χ0v) is 7.66. The molecule has 1 saturated carbocycles. The number of hydrogen-bond donors (Lipinski definition) is 3. The number of rotatable bonds is 2. The maximum atomic E-state index is 11.3. The maximum absolute atomic E-state index is 11.3. The molecular formula is C10H12N2O2. The first kappa shape index (κ1) is 8.87. The second-order valence-corrected chi connectivity index (χ2v) is 3.39. The van der Waals surface area contributed by atoms with Crippen molar-refractivity contribution >= 4 is 11.7 Å². The Kier molecular flexibility index (Phi) is 2.26. The average Bonchev–Trinajstić information content (AvgIpc) is 2.93. The van der Waals surface area contributed by atoms with E-state index in [1.54, 1.807) is 18.2 Å². The number of phenols is 1. The topological polar surface area (TPSA) is 61.4 Å². The molecule has 1 fully saturated rings. The third-order valence-electron chi connectivity index (χ3n) is 2.06. The van der Waals surface area contributed by atoms with Gasteiger partial charge in [-0.2, -0.15) is 0 Å². The van der Waals surface area contributed by atoms with Gasteiger partial charge < -0.3 is 15.7 Å². The summed E-state index contributed by atoms with van der Waals surface area (Å²) in [7, 11) is 0. The van der Waals surface area contributed by atoms with Crippen molar-refractivity contribution in [3.05, 3.63) is 24.3 Å². The zero-order valence-electron chi connectivity index (χ0n) is 7.66. The lowest BCUT2D eigenvalue weighted by Gasteiger charge is -2.07. The molecule has 1 aliphatic carbocycles. The summed E-state index contributed by atoms with van der Waals surface area (Å²) in [6, 6.07) is 6.72. The molecule has 74 valence electrons. The first-order chi connectivity index (χ1) is 6.75. The summed E-state index contributed by atoms with van der Waals surface area (Å²) in [6.07, 6.45) is 2.10. The monoisotopic (exact) mass is 192 g/mol. The van der Waals surface area contributed by atoms with Gasteiger partial charge in [0.05, 0.1) is 5.69 Å². The van der Waals surface area contributed by atoms with Crippen LogP contribution in [-0.4, -0.2) is 17.2 Å². The molecule has 4 nitrogen and oxygen atoms in total. The third-order valence-corrected chi connectivity index (χ3v) is 2.06. The van der Waals surface area contributed by atoms with Gasteiger partial charge in [-0.1, -0.05) is 12.1 Å². The first-order valence-corrected chi connectivity index (χ1v) is 4.61. The van der Waals surface area contributed by atoms with Gasteiger partial charge in [-0.3, -0.25) is 0 Å². The number of benzene rings is 1. The molecule has 2 rings (SSSR count). The van der Waals surface area contributed by atoms with E-state index < -0.39 is 0 Å². The standard InChI is InChI=1S/C10H12N2O2/c13-9-4-2-1-3-8(9)12-10(14)11-7-5-6-7/h1-4,7,13H,5-6H2,(H2,11,12,14). The van der Waals surface area contributed by atoms with Gasteiger partial charge in [-0.25, -0.2) is 4.79 Å². The summed E-state index contributed by atoms with van der Waals surface area (Å²) in [5, 5.41) is 14.7. The highest BCUT2D eigenvalue weighted by molar-refractivity contribution is 5.91. The number of anilines is 1. The van der Waals surface area contributed by atoms with Crippen LogP contribution in [0.2, 0.25) is 0 Å². The van der Waals surface area contributed by atoms with Crippen LogP contribution in [0.4, 0.5) is 10.5 Å². The molecule has 0 unspecified atom stereocenters. The molecule has 14 heavy (non-hydrogen) atoms. The van der Waals surface area contributed by atoms with E-state index in [9.17, 15) is 9.90 Å². The number of aromatic hydroxyl groups is 1. The lowest BCUT2D eigenvalue weighted by molar-refractivity contribution is 0.251. The van der Waals surface area contributed by atoms with Crippen LogP contribution in [0.1, 0.15) is 12.8 Å². The molecule has 0 spiro atoms. The molecule has 0 bridgehead atoms. The molecule has 3 N–H and O–H groups in total. The minimum Gasteiger partial charge on any atom is -0.506 e. The van der Waals surface area contributed by atoms with Crippen molar-refractivity contribution in [2.45, 2.75) is 18.9 Å². The van der Waals surface area contributed by atoms with Gasteiger partial charge in [0.2, 0.25) is 0 Å². The highest BCUT2D eigenvalue weighted by Gasteiger charge is 2.23. The highest BCUT2D eigenvalue weighted by Crippen LogP contribution is 2.22. The Balaban J connectivity index is 1.95. The van der Waals surface area contributed by atoms with E-state index in [2.05, 4.69) is 10.6 Å². The minimum absolute atomic E-state index is 0.0819. The molecule has 0 atom stereocenters. The predicted molar refractivity (Wildman–Crippen MR) is 53.3 cm³/mol. The van der Waals surface area contributed by atoms with Crippen molar-refractivity contribution in [1.29, 1.82) is 0 Å². The summed E-state index contributed by atoms with van der Waals surface area (Å²) >= 11 is 0. The SMILES string of the molecule is O=C(Nc1ccccc1O)NC1CC1. The van der Waals surface area contributed by atoms with E-state index in [-0.39, 0.29) is 11.8 Å². The quantitative estimate of drug-likeness (QED) is 0.624. The Labute approximate surface area is 81.9 Å². The number of carbonyl (C=O) groups is 1. The molecule has 4 heteroatoms. The molecule has 2 amide bonds. The Morgan fingerprint density at radius 2 is 2.07 bits per heavy atom. The van der Waals surface area contributed by atoms with Gasteiger partial charge in [0.1, 0.15) is 5.75 Å². The molecule has 0 aromatic heterocycles. The second kappa shape index (κ2) is 3.57. The lowest BCUT2D eigenvalue weighted by Crippen LogP contribution is -2.30. The van der Waals surface area contributed by atoms with Gasteiger partial charge in [-0.05, 0) is 25.0 Å². The van der Waals surface area contributed by atoms with E-state index in [1.165, 1.54) is 6.07 Å². The zero-order chi connectivity index (χ0) is 9.97. The first-order valence-electron chi connectivity index (χ1n) is 4.61. The van der Waals surface area contributed by atoms with Crippen LogP contribution in [0, 0.1) is 0 Å². The number of para-hydroxylation sites is 2. The largest absolute Gasteiger partial charge is 0.506 e. The maximum Gasteiger partial charge on any atom is 0.319 e. The van der Waals surface area contributed by atoms with Gasteiger partial charge >= 0.3 is 6.03 Å². The molecule has 1 aromatic rings. The third kappa shape index (κ3) is 2.16. The van der Waals surface area contributed by atoms with Crippen LogP contribution in [0.5, 0.6) is 5.75 Å². The van der Waals surface area contributed by atoms with Crippen molar-refractivity contribution in [2.24, 2.45) is 0 Å². The summed E-state index contributed by atoms with van der Waals surface area (Å²) in [5.74, 6) is 0.0819. The number of urea groups is 1. The van der Waals surface area contributed by atoms with Crippen LogP contribution in [-0.2, 0) is 0 Å². The van der Waals surface area contributed by atoms with Gasteiger partial charge in [0.15, 0.2) is 0 Å². The molecule has 1 aromatic carbocycles. The summed E-state index contributed by atoms with van der Waals surface area (Å²) < 4.78 is 0. The predicted octanol–water partition coefficient (Wildman–Crippen LogP) is 1.68. The fourth-order valence-corrected chi connectivity index (χ4v) is 1.15. The van der Waals surface area contributed by atoms with E-state index in [0.717, 1.165) is 12.8 Å². The number of hydrogen-bond acceptors (Lipinski definition) is 2. The molecule has 0 radical (unpaired) electrons. The number of phenolic OH excluding ortho intramolecular Hbond substituents is 1. The van der Waals surface area contributed by atoms with Crippen molar-refractivity contribution < 1.29 is 9.90 Å². The fraction of sp³-hybridized carbons (Fsp3) is 0.300. The van der Waals surface area contributed by atoms with Crippen LogP contribution < -0.4 is 10.6 Å². The number of nitrogens with one attached hydrogen (secondary N) is 2. The van der Waals surface area contributed by atoms with E-state index in [4.69, 9.17) is 0 Å². The Bertz CT molecular complexity index is 348. The Hall–Kier alpha value is -1.71. The van der Waals surface area contributed by atoms with Crippen molar-refractivity contribution in [2.75, 3.05) is 5.32 Å². The van der Waals surface area contributed by atoms with Crippen LogP contribution in [0.15, 0.2) is 24.3 Å². The van der Waals surface area contributed by atoms with Crippen LogP contribution >= 0.6 is 0 Å².